The second-order valence-corrected chi connectivity index (χ2v) is 7.04. The van der Waals surface area contributed by atoms with Crippen LogP contribution in [0.3, 0.4) is 0 Å². The number of nitrogens with one attached hydrogen (secondary N) is 1. The number of rotatable bonds is 5. The van der Waals surface area contributed by atoms with E-state index in [4.69, 9.17) is 9.47 Å². The largest absolute Gasteiger partial charge is 0.462 e. The first-order valence-electron chi connectivity index (χ1n) is 8.89. The maximum Gasteiger partial charge on any atom is 0.413 e. The molecule has 0 aromatic carbocycles. The summed E-state index contributed by atoms with van der Waals surface area (Å²) in [5, 5.41) is 14.7. The van der Waals surface area contributed by atoms with Gasteiger partial charge < -0.3 is 14.8 Å². The Bertz CT molecular complexity index is 806. The van der Waals surface area contributed by atoms with E-state index in [1.54, 1.807) is 26.0 Å². The van der Waals surface area contributed by atoms with Crippen LogP contribution in [0.25, 0.3) is 0 Å². The van der Waals surface area contributed by atoms with Crippen molar-refractivity contribution in [2.45, 2.75) is 27.7 Å². The van der Waals surface area contributed by atoms with Gasteiger partial charge in [-0.2, -0.15) is 0 Å². The van der Waals surface area contributed by atoms with Crippen molar-refractivity contribution >= 4 is 12.1 Å². The van der Waals surface area contributed by atoms with Crippen molar-refractivity contribution in [1.82, 2.24) is 10.2 Å². The average Bonchev–Trinajstić information content (AvgIpc) is 2.64. The number of carbonyl (C=O) groups excluding carboxylic acids is 2. The van der Waals surface area contributed by atoms with Gasteiger partial charge in [0.2, 0.25) is 0 Å². The first-order chi connectivity index (χ1) is 13.2. The van der Waals surface area contributed by atoms with Crippen LogP contribution in [0.5, 0.6) is 0 Å². The molecule has 9 heteroatoms. The summed E-state index contributed by atoms with van der Waals surface area (Å²) in [6.45, 7) is 7.33. The third kappa shape index (κ3) is 4.41. The highest BCUT2D eigenvalue weighted by Crippen LogP contribution is 2.37. The van der Waals surface area contributed by atoms with Gasteiger partial charge >= 0.3 is 12.1 Å². The molecule has 2 aliphatic heterocycles. The van der Waals surface area contributed by atoms with Crippen molar-refractivity contribution in [1.29, 1.82) is 0 Å². The van der Waals surface area contributed by atoms with Crippen LogP contribution in [-0.2, 0) is 14.3 Å². The fourth-order valence-corrected chi connectivity index (χ4v) is 3.18. The van der Waals surface area contributed by atoms with Gasteiger partial charge in [0.25, 0.3) is 5.70 Å². The van der Waals surface area contributed by atoms with Gasteiger partial charge in [-0.1, -0.05) is 19.9 Å². The van der Waals surface area contributed by atoms with Crippen LogP contribution < -0.4 is 5.32 Å². The molecule has 1 atom stereocenters. The van der Waals surface area contributed by atoms with Crippen LogP contribution in [0.15, 0.2) is 46.6 Å². The summed E-state index contributed by atoms with van der Waals surface area (Å²) < 4.78 is 10.1. The normalized spacial score (nSPS) is 19.4. The molecule has 1 unspecified atom stereocenters. The van der Waals surface area contributed by atoms with Gasteiger partial charge in [-0.05, 0) is 31.4 Å². The number of carbonyl (C=O) groups is 2. The standard InChI is InChI=1S/C19H25N3O6/c1-11(2)10-28-18(23)15-12(3)20-13(4)17(22(25)26)16(15)14-7-6-8-21(9-14)19(24)27-5/h6-8,11,16,20H,9-10H2,1-5H3. The van der Waals surface area contributed by atoms with Gasteiger partial charge in [-0.3, -0.25) is 15.0 Å². The third-order valence-electron chi connectivity index (χ3n) is 4.40. The van der Waals surface area contributed by atoms with Crippen molar-refractivity contribution < 1.29 is 24.0 Å². The lowest BCUT2D eigenvalue weighted by molar-refractivity contribution is -0.433. The fourth-order valence-electron chi connectivity index (χ4n) is 3.18. The Hall–Kier alpha value is -3.10. The third-order valence-corrected chi connectivity index (χ3v) is 4.40. The van der Waals surface area contributed by atoms with Crippen LogP contribution >= 0.6 is 0 Å². The second-order valence-electron chi connectivity index (χ2n) is 7.04. The Morgan fingerprint density at radius 2 is 2.04 bits per heavy atom. The Labute approximate surface area is 163 Å². The molecule has 28 heavy (non-hydrogen) atoms. The number of ether oxygens (including phenoxy) is 2. The number of amides is 1. The van der Waals surface area contributed by atoms with E-state index >= 15 is 0 Å². The highest BCUT2D eigenvalue weighted by atomic mass is 16.6. The van der Waals surface area contributed by atoms with Crippen molar-refractivity contribution in [3.8, 4) is 0 Å². The van der Waals surface area contributed by atoms with Gasteiger partial charge in [0.15, 0.2) is 0 Å². The maximum atomic E-state index is 12.8. The molecule has 0 spiro atoms. The fraction of sp³-hybridized carbons (Fsp3) is 0.474. The van der Waals surface area contributed by atoms with Crippen LogP contribution in [0.1, 0.15) is 27.7 Å². The van der Waals surface area contributed by atoms with Crippen LogP contribution in [0.2, 0.25) is 0 Å². The molecule has 0 aliphatic carbocycles. The highest BCUT2D eigenvalue weighted by Gasteiger charge is 2.42. The molecule has 0 radical (unpaired) electrons. The van der Waals surface area contributed by atoms with E-state index in [9.17, 15) is 19.7 Å². The molecule has 0 saturated heterocycles. The first-order valence-corrected chi connectivity index (χ1v) is 8.89. The van der Waals surface area contributed by atoms with Crippen molar-refractivity contribution in [2.24, 2.45) is 11.8 Å². The molecule has 0 fully saturated rings. The topological polar surface area (TPSA) is 111 Å². The van der Waals surface area contributed by atoms with E-state index in [1.807, 2.05) is 13.8 Å². The minimum absolute atomic E-state index is 0.0622. The van der Waals surface area contributed by atoms with Crippen LogP contribution in [0.4, 0.5) is 4.79 Å². The van der Waals surface area contributed by atoms with Gasteiger partial charge in [0.1, 0.15) is 5.92 Å². The van der Waals surface area contributed by atoms with E-state index in [0.717, 1.165) is 0 Å². The molecule has 2 rings (SSSR count). The number of nitro groups is 1. The number of dihydropyridines is 1. The zero-order chi connectivity index (χ0) is 21.0. The predicted molar refractivity (Wildman–Crippen MR) is 101 cm³/mol. The van der Waals surface area contributed by atoms with Gasteiger partial charge in [0.05, 0.1) is 36.5 Å². The Balaban J connectivity index is 2.48. The Morgan fingerprint density at radius 3 is 2.61 bits per heavy atom. The van der Waals surface area contributed by atoms with Gasteiger partial charge in [0, 0.05) is 11.9 Å². The van der Waals surface area contributed by atoms with E-state index in [1.165, 1.54) is 18.2 Å². The molecular weight excluding hydrogens is 366 g/mol. The lowest BCUT2D eigenvalue weighted by atomic mass is 9.82. The quantitative estimate of drug-likeness (QED) is 0.436. The molecular formula is C19H25N3O6. The molecule has 2 aliphatic rings. The second kappa shape index (κ2) is 8.73. The van der Waals surface area contributed by atoms with Gasteiger partial charge in [-0.15, -0.1) is 0 Å². The summed E-state index contributed by atoms with van der Waals surface area (Å²) in [6.07, 6.45) is 4.20. The predicted octanol–water partition coefficient (Wildman–Crippen LogP) is 2.71. The van der Waals surface area contributed by atoms with E-state index in [0.29, 0.717) is 17.0 Å². The number of hydrogen-bond donors (Lipinski definition) is 1. The number of nitrogens with zero attached hydrogens (tertiary/aromatic N) is 2. The number of hydrogen-bond acceptors (Lipinski definition) is 7. The summed E-state index contributed by atoms with van der Waals surface area (Å²) >= 11 is 0. The molecule has 2 heterocycles. The molecule has 9 nitrogen and oxygen atoms in total. The maximum absolute atomic E-state index is 12.8. The first kappa shape index (κ1) is 21.2. The lowest BCUT2D eigenvalue weighted by Crippen LogP contribution is -2.38. The SMILES string of the molecule is COC(=O)N1C=CC=C(C2C(C(=O)OCC(C)C)=C(C)NC(C)=C2[N+](=O)[O-])C1. The summed E-state index contributed by atoms with van der Waals surface area (Å²) in [5.74, 6) is -1.43. The zero-order valence-corrected chi connectivity index (χ0v) is 16.6. The minimum atomic E-state index is -0.937. The molecule has 0 saturated carbocycles. The van der Waals surface area contributed by atoms with Crippen LogP contribution in [-0.4, -0.2) is 42.1 Å². The monoisotopic (exact) mass is 391 g/mol. The van der Waals surface area contributed by atoms with Crippen LogP contribution in [0, 0.1) is 22.0 Å². The van der Waals surface area contributed by atoms with Crippen molar-refractivity contribution in [2.75, 3.05) is 20.3 Å². The minimum Gasteiger partial charge on any atom is -0.462 e. The molecule has 0 aromatic heterocycles. The van der Waals surface area contributed by atoms with E-state index in [2.05, 4.69) is 5.32 Å². The average molecular weight is 391 g/mol. The summed E-state index contributed by atoms with van der Waals surface area (Å²) in [7, 11) is 1.25. The van der Waals surface area contributed by atoms with E-state index in [-0.39, 0.29) is 30.3 Å². The number of methoxy groups -OCH3 is 1. The van der Waals surface area contributed by atoms with Crippen molar-refractivity contribution in [3.05, 3.63) is 56.7 Å². The molecule has 152 valence electrons. The Morgan fingerprint density at radius 1 is 1.36 bits per heavy atom. The zero-order valence-electron chi connectivity index (χ0n) is 16.6. The Kier molecular flexibility index (Phi) is 6.61. The molecule has 1 amide bonds. The number of esters is 1. The summed E-state index contributed by atoms with van der Waals surface area (Å²) in [5.41, 5.74) is 1.38. The molecule has 0 aromatic rings. The van der Waals surface area contributed by atoms with Crippen molar-refractivity contribution in [3.63, 3.8) is 0 Å². The highest BCUT2D eigenvalue weighted by molar-refractivity contribution is 5.92. The molecule has 1 N–H and O–H groups in total. The lowest BCUT2D eigenvalue weighted by Gasteiger charge is -2.31. The smallest absolute Gasteiger partial charge is 0.413 e. The number of allylic oxidation sites excluding steroid dienone is 5. The molecule has 0 bridgehead atoms. The van der Waals surface area contributed by atoms with Gasteiger partial charge in [-0.25, -0.2) is 9.59 Å². The van der Waals surface area contributed by atoms with E-state index < -0.39 is 22.9 Å². The summed E-state index contributed by atoms with van der Waals surface area (Å²) in [4.78, 5) is 37.3. The summed E-state index contributed by atoms with van der Waals surface area (Å²) in [6, 6.07) is 0.